The van der Waals surface area contributed by atoms with Gasteiger partial charge >= 0.3 is 0 Å². The highest BCUT2D eigenvalue weighted by Gasteiger charge is 2.20. The van der Waals surface area contributed by atoms with Crippen LogP contribution in [0.2, 0.25) is 0 Å². The molecule has 31 heavy (non-hydrogen) atoms. The van der Waals surface area contributed by atoms with Crippen molar-refractivity contribution in [3.8, 4) is 22.7 Å². The minimum atomic E-state index is -0.185. The summed E-state index contributed by atoms with van der Waals surface area (Å²) in [6, 6.07) is 19.2. The number of methoxy groups -OCH3 is 2. The van der Waals surface area contributed by atoms with Gasteiger partial charge in [0.2, 0.25) is 0 Å². The number of para-hydroxylation sites is 1. The van der Waals surface area contributed by atoms with Crippen molar-refractivity contribution in [2.45, 2.75) is 6.92 Å². The van der Waals surface area contributed by atoms with Crippen molar-refractivity contribution in [1.82, 2.24) is 20.1 Å². The van der Waals surface area contributed by atoms with Gasteiger partial charge in [-0.1, -0.05) is 18.2 Å². The van der Waals surface area contributed by atoms with E-state index in [-0.39, 0.29) is 5.91 Å². The van der Waals surface area contributed by atoms with E-state index in [4.69, 9.17) is 19.6 Å². The molecule has 0 aliphatic heterocycles. The number of carbonyl (C=O) groups is 1. The molecule has 1 amide bonds. The van der Waals surface area contributed by atoms with Gasteiger partial charge in [-0.15, -0.1) is 0 Å². The fourth-order valence-corrected chi connectivity index (χ4v) is 3.49. The first-order chi connectivity index (χ1) is 15.1. The standard InChI is InChI=1S/C24H24N4O3/c1-16-22-20(24(29)25-13-14-30-2)15-21(17-9-11-19(31-3)12-10-17)26-23(22)28(27-16)18-7-5-4-6-8-18/h4-12,15H,13-14H2,1-3H3,(H,25,29). The van der Waals surface area contributed by atoms with Crippen molar-refractivity contribution < 1.29 is 14.3 Å². The number of carbonyl (C=O) groups excluding carboxylic acids is 1. The number of ether oxygens (including phenoxy) is 2. The normalized spacial score (nSPS) is 10.9. The third kappa shape index (κ3) is 4.13. The van der Waals surface area contributed by atoms with Crippen LogP contribution in [0.1, 0.15) is 16.1 Å². The Balaban J connectivity index is 1.91. The number of aromatic nitrogens is 3. The zero-order valence-electron chi connectivity index (χ0n) is 17.8. The van der Waals surface area contributed by atoms with E-state index in [0.29, 0.717) is 30.1 Å². The molecule has 2 aromatic carbocycles. The maximum absolute atomic E-state index is 13.1. The van der Waals surface area contributed by atoms with Gasteiger partial charge in [0.15, 0.2) is 5.65 Å². The van der Waals surface area contributed by atoms with E-state index in [1.54, 1.807) is 18.9 Å². The van der Waals surface area contributed by atoms with E-state index in [9.17, 15) is 4.79 Å². The van der Waals surface area contributed by atoms with E-state index in [1.165, 1.54) is 0 Å². The van der Waals surface area contributed by atoms with Gasteiger partial charge in [0.25, 0.3) is 5.91 Å². The van der Waals surface area contributed by atoms with E-state index in [2.05, 4.69) is 5.32 Å². The van der Waals surface area contributed by atoms with Crippen LogP contribution in [-0.2, 0) is 4.74 Å². The second kappa shape index (κ2) is 8.97. The molecule has 7 heteroatoms. The van der Waals surface area contributed by atoms with Gasteiger partial charge in [-0.05, 0) is 49.4 Å². The van der Waals surface area contributed by atoms with Crippen LogP contribution in [0.3, 0.4) is 0 Å². The van der Waals surface area contributed by atoms with Crippen molar-refractivity contribution in [1.29, 1.82) is 0 Å². The lowest BCUT2D eigenvalue weighted by Crippen LogP contribution is -2.27. The molecule has 7 nitrogen and oxygen atoms in total. The van der Waals surface area contributed by atoms with Gasteiger partial charge in [0.05, 0.1) is 41.7 Å². The smallest absolute Gasteiger partial charge is 0.252 e. The SMILES string of the molecule is COCCNC(=O)c1cc(-c2ccc(OC)cc2)nc2c1c(C)nn2-c1ccccc1. The van der Waals surface area contributed by atoms with Crippen LogP contribution in [0.4, 0.5) is 0 Å². The van der Waals surface area contributed by atoms with Gasteiger partial charge in [-0.3, -0.25) is 4.79 Å². The lowest BCUT2D eigenvalue weighted by atomic mass is 10.0. The first-order valence-electron chi connectivity index (χ1n) is 9.99. The topological polar surface area (TPSA) is 78.3 Å². The minimum Gasteiger partial charge on any atom is -0.497 e. The van der Waals surface area contributed by atoms with Crippen molar-refractivity contribution in [2.24, 2.45) is 0 Å². The maximum atomic E-state index is 13.1. The predicted octanol–water partition coefficient (Wildman–Crippen LogP) is 3.78. The van der Waals surface area contributed by atoms with Crippen LogP contribution in [0.5, 0.6) is 5.75 Å². The molecular weight excluding hydrogens is 392 g/mol. The number of hydrogen-bond donors (Lipinski definition) is 1. The molecule has 0 fully saturated rings. The quantitative estimate of drug-likeness (QED) is 0.464. The molecule has 2 aromatic heterocycles. The molecule has 0 saturated carbocycles. The van der Waals surface area contributed by atoms with Gasteiger partial charge in [0.1, 0.15) is 5.75 Å². The molecule has 2 heterocycles. The number of pyridine rings is 1. The van der Waals surface area contributed by atoms with Crippen molar-refractivity contribution >= 4 is 16.9 Å². The van der Waals surface area contributed by atoms with E-state index >= 15 is 0 Å². The highest BCUT2D eigenvalue weighted by molar-refractivity contribution is 6.07. The molecule has 1 N–H and O–H groups in total. The summed E-state index contributed by atoms with van der Waals surface area (Å²) in [5.41, 5.74) is 4.35. The molecular formula is C24H24N4O3. The lowest BCUT2D eigenvalue weighted by molar-refractivity contribution is 0.0938. The van der Waals surface area contributed by atoms with Crippen LogP contribution < -0.4 is 10.1 Å². The molecule has 0 atom stereocenters. The summed E-state index contributed by atoms with van der Waals surface area (Å²) in [5.74, 6) is 0.572. The zero-order chi connectivity index (χ0) is 21.8. The number of aryl methyl sites for hydroxylation is 1. The average molecular weight is 416 g/mol. The Hall–Kier alpha value is -3.71. The zero-order valence-corrected chi connectivity index (χ0v) is 17.8. The molecule has 158 valence electrons. The Labute approximate surface area is 180 Å². The second-order valence-corrected chi connectivity index (χ2v) is 7.06. The highest BCUT2D eigenvalue weighted by atomic mass is 16.5. The summed E-state index contributed by atoms with van der Waals surface area (Å²) in [4.78, 5) is 18.0. The van der Waals surface area contributed by atoms with Crippen molar-refractivity contribution in [3.05, 3.63) is 71.9 Å². The van der Waals surface area contributed by atoms with Crippen LogP contribution in [0.15, 0.2) is 60.7 Å². The molecule has 0 aliphatic rings. The van der Waals surface area contributed by atoms with Crippen LogP contribution in [0.25, 0.3) is 28.0 Å². The summed E-state index contributed by atoms with van der Waals surface area (Å²) in [7, 11) is 3.23. The second-order valence-electron chi connectivity index (χ2n) is 7.06. The fraction of sp³-hybridized carbons (Fsp3) is 0.208. The summed E-state index contributed by atoms with van der Waals surface area (Å²) < 4.78 is 12.1. The Bertz CT molecular complexity index is 1200. The number of benzene rings is 2. The third-order valence-corrected chi connectivity index (χ3v) is 5.04. The predicted molar refractivity (Wildman–Crippen MR) is 120 cm³/mol. The van der Waals surface area contributed by atoms with Gasteiger partial charge < -0.3 is 14.8 Å². The number of nitrogens with zero attached hydrogens (tertiary/aromatic N) is 3. The van der Waals surface area contributed by atoms with Crippen LogP contribution in [-0.4, -0.2) is 48.0 Å². The van der Waals surface area contributed by atoms with Gasteiger partial charge in [-0.25, -0.2) is 9.67 Å². The summed E-state index contributed by atoms with van der Waals surface area (Å²) in [6.07, 6.45) is 0. The summed E-state index contributed by atoms with van der Waals surface area (Å²) >= 11 is 0. The van der Waals surface area contributed by atoms with Crippen LogP contribution >= 0.6 is 0 Å². The first kappa shape index (κ1) is 20.6. The van der Waals surface area contributed by atoms with Crippen molar-refractivity contribution in [3.63, 3.8) is 0 Å². The molecule has 4 rings (SSSR count). The van der Waals surface area contributed by atoms with E-state index in [1.807, 2.05) is 67.6 Å². The lowest BCUT2D eigenvalue weighted by Gasteiger charge is -2.10. The van der Waals surface area contributed by atoms with Crippen molar-refractivity contribution in [2.75, 3.05) is 27.4 Å². The number of rotatable bonds is 7. The molecule has 0 bridgehead atoms. The Morgan fingerprint density at radius 3 is 2.48 bits per heavy atom. The van der Waals surface area contributed by atoms with E-state index in [0.717, 1.165) is 28.1 Å². The summed E-state index contributed by atoms with van der Waals surface area (Å²) in [6.45, 7) is 2.75. The van der Waals surface area contributed by atoms with Gasteiger partial charge in [-0.2, -0.15) is 5.10 Å². The number of nitrogens with one attached hydrogen (secondary N) is 1. The fourth-order valence-electron chi connectivity index (χ4n) is 3.49. The maximum Gasteiger partial charge on any atom is 0.252 e. The Kier molecular flexibility index (Phi) is 5.95. The summed E-state index contributed by atoms with van der Waals surface area (Å²) in [5, 5.41) is 8.34. The molecule has 0 aliphatic carbocycles. The molecule has 0 spiro atoms. The number of amides is 1. The molecule has 4 aromatic rings. The Morgan fingerprint density at radius 2 is 1.81 bits per heavy atom. The van der Waals surface area contributed by atoms with E-state index < -0.39 is 0 Å². The Morgan fingerprint density at radius 1 is 1.06 bits per heavy atom. The van der Waals surface area contributed by atoms with Gasteiger partial charge in [0, 0.05) is 19.2 Å². The molecule has 0 saturated heterocycles. The molecule has 0 unspecified atom stereocenters. The molecule has 0 radical (unpaired) electrons. The number of hydrogen-bond acceptors (Lipinski definition) is 5. The largest absolute Gasteiger partial charge is 0.497 e. The monoisotopic (exact) mass is 416 g/mol. The minimum absolute atomic E-state index is 0.185. The third-order valence-electron chi connectivity index (χ3n) is 5.04. The van der Waals surface area contributed by atoms with Crippen LogP contribution in [0, 0.1) is 6.92 Å². The average Bonchev–Trinajstić information content (AvgIpc) is 3.15. The first-order valence-corrected chi connectivity index (χ1v) is 9.99. The number of fused-ring (bicyclic) bond motifs is 1. The highest BCUT2D eigenvalue weighted by Crippen LogP contribution is 2.29.